The average molecular weight is 361 g/mol. The molecule has 24 heavy (non-hydrogen) atoms. The van der Waals surface area contributed by atoms with Crippen molar-refractivity contribution in [1.29, 1.82) is 5.26 Å². The first kappa shape index (κ1) is 16.6. The molecule has 6 nitrogen and oxygen atoms in total. The minimum atomic E-state index is -3.63. The van der Waals surface area contributed by atoms with Gasteiger partial charge in [-0.1, -0.05) is 0 Å². The highest BCUT2D eigenvalue weighted by molar-refractivity contribution is 7.89. The summed E-state index contributed by atoms with van der Waals surface area (Å²) in [6, 6.07) is 9.88. The third-order valence-electron chi connectivity index (χ3n) is 3.79. The number of carbonyl (C=O) groups excluding carboxylic acids is 1. The van der Waals surface area contributed by atoms with Crippen LogP contribution >= 0.6 is 11.3 Å². The second kappa shape index (κ2) is 6.73. The van der Waals surface area contributed by atoms with Gasteiger partial charge < -0.3 is 5.32 Å². The second-order valence-electron chi connectivity index (χ2n) is 5.37. The standard InChI is InChI=1S/C16H15N3O3S2/c17-11-12-3-5-13(6-4-12)18-16(20)15-14(7-10-23-15)24(21,22)19-8-1-2-9-19/h3-7,10H,1-2,8-9H2,(H,18,20). The van der Waals surface area contributed by atoms with E-state index in [9.17, 15) is 13.2 Å². The van der Waals surface area contributed by atoms with Crippen molar-refractivity contribution in [3.63, 3.8) is 0 Å². The highest BCUT2D eigenvalue weighted by atomic mass is 32.2. The van der Waals surface area contributed by atoms with Crippen molar-refractivity contribution in [1.82, 2.24) is 4.31 Å². The molecule has 0 radical (unpaired) electrons. The van der Waals surface area contributed by atoms with Gasteiger partial charge in [0.05, 0.1) is 11.6 Å². The van der Waals surface area contributed by atoms with Crippen LogP contribution in [-0.2, 0) is 10.0 Å². The Labute approximate surface area is 144 Å². The number of thiophene rings is 1. The van der Waals surface area contributed by atoms with Gasteiger partial charge in [0.1, 0.15) is 9.77 Å². The van der Waals surface area contributed by atoms with Gasteiger partial charge in [0, 0.05) is 18.8 Å². The lowest BCUT2D eigenvalue weighted by Gasteiger charge is -2.15. The summed E-state index contributed by atoms with van der Waals surface area (Å²) in [5.41, 5.74) is 0.998. The fraction of sp³-hybridized carbons (Fsp3) is 0.250. The highest BCUT2D eigenvalue weighted by Gasteiger charge is 2.31. The van der Waals surface area contributed by atoms with E-state index >= 15 is 0 Å². The van der Waals surface area contributed by atoms with Crippen LogP contribution in [0.3, 0.4) is 0 Å². The molecule has 1 aliphatic heterocycles. The molecule has 3 rings (SSSR count). The van der Waals surface area contributed by atoms with E-state index < -0.39 is 15.9 Å². The zero-order valence-electron chi connectivity index (χ0n) is 12.7. The van der Waals surface area contributed by atoms with Crippen molar-refractivity contribution in [3.05, 3.63) is 46.2 Å². The Hall–Kier alpha value is -2.21. The van der Waals surface area contributed by atoms with Crippen LogP contribution < -0.4 is 5.32 Å². The number of nitrogens with zero attached hydrogens (tertiary/aromatic N) is 2. The number of nitriles is 1. The molecular formula is C16H15N3O3S2. The van der Waals surface area contributed by atoms with E-state index in [0.29, 0.717) is 24.3 Å². The van der Waals surface area contributed by atoms with E-state index in [2.05, 4.69) is 5.32 Å². The van der Waals surface area contributed by atoms with E-state index in [1.807, 2.05) is 6.07 Å². The summed E-state index contributed by atoms with van der Waals surface area (Å²) >= 11 is 1.10. The molecule has 1 aromatic carbocycles. The molecule has 2 heterocycles. The van der Waals surface area contributed by atoms with Crippen molar-refractivity contribution in [2.45, 2.75) is 17.7 Å². The summed E-state index contributed by atoms with van der Waals surface area (Å²) in [6.07, 6.45) is 1.69. The number of hydrogen-bond acceptors (Lipinski definition) is 5. The molecule has 0 spiro atoms. The zero-order chi connectivity index (χ0) is 17.2. The minimum absolute atomic E-state index is 0.0561. The average Bonchev–Trinajstić information content (AvgIpc) is 3.27. The van der Waals surface area contributed by atoms with Gasteiger partial charge in [-0.05, 0) is 48.6 Å². The van der Waals surface area contributed by atoms with Gasteiger partial charge in [0.15, 0.2) is 0 Å². The summed E-state index contributed by atoms with van der Waals surface area (Å²) < 4.78 is 26.8. The molecule has 1 aliphatic rings. The molecule has 0 aliphatic carbocycles. The Kier molecular flexibility index (Phi) is 4.66. The Bertz CT molecular complexity index is 889. The van der Waals surface area contributed by atoms with Crippen LogP contribution in [0.5, 0.6) is 0 Å². The van der Waals surface area contributed by atoms with E-state index in [4.69, 9.17) is 5.26 Å². The van der Waals surface area contributed by atoms with Gasteiger partial charge in [-0.3, -0.25) is 4.79 Å². The summed E-state index contributed by atoms with van der Waals surface area (Å²) in [6.45, 7) is 0.990. The lowest BCUT2D eigenvalue weighted by molar-refractivity contribution is 0.102. The van der Waals surface area contributed by atoms with E-state index in [-0.39, 0.29) is 9.77 Å². The van der Waals surface area contributed by atoms with Crippen LogP contribution in [0.1, 0.15) is 28.1 Å². The lowest BCUT2D eigenvalue weighted by Crippen LogP contribution is -2.29. The number of anilines is 1. The Morgan fingerprint density at radius 3 is 2.46 bits per heavy atom. The molecule has 0 saturated carbocycles. The van der Waals surface area contributed by atoms with Gasteiger partial charge in [-0.25, -0.2) is 8.42 Å². The van der Waals surface area contributed by atoms with Gasteiger partial charge >= 0.3 is 0 Å². The van der Waals surface area contributed by atoms with Crippen molar-refractivity contribution in [2.24, 2.45) is 0 Å². The lowest BCUT2D eigenvalue weighted by atomic mass is 10.2. The molecule has 1 saturated heterocycles. The fourth-order valence-electron chi connectivity index (χ4n) is 2.55. The van der Waals surface area contributed by atoms with Crippen LogP contribution in [-0.4, -0.2) is 31.7 Å². The first-order valence-electron chi connectivity index (χ1n) is 7.41. The highest BCUT2D eigenvalue weighted by Crippen LogP contribution is 2.28. The molecule has 8 heteroatoms. The smallest absolute Gasteiger partial charge is 0.267 e. The molecule has 1 aromatic heterocycles. The Morgan fingerprint density at radius 2 is 1.83 bits per heavy atom. The SMILES string of the molecule is N#Cc1ccc(NC(=O)c2sccc2S(=O)(=O)N2CCCC2)cc1. The van der Waals surface area contributed by atoms with Crippen molar-refractivity contribution in [3.8, 4) is 6.07 Å². The maximum absolute atomic E-state index is 12.7. The number of sulfonamides is 1. The number of benzene rings is 1. The van der Waals surface area contributed by atoms with Crippen LogP contribution in [0, 0.1) is 11.3 Å². The summed E-state index contributed by atoms with van der Waals surface area (Å²) in [5, 5.41) is 13.1. The predicted molar refractivity (Wildman–Crippen MR) is 91.4 cm³/mol. The molecule has 0 atom stereocenters. The molecule has 124 valence electrons. The minimum Gasteiger partial charge on any atom is -0.321 e. The number of nitrogens with one attached hydrogen (secondary N) is 1. The van der Waals surface area contributed by atoms with Crippen LogP contribution in [0.4, 0.5) is 5.69 Å². The molecule has 0 bridgehead atoms. The predicted octanol–water partition coefficient (Wildman–Crippen LogP) is 2.66. The third-order valence-corrected chi connectivity index (χ3v) is 6.77. The monoisotopic (exact) mass is 361 g/mol. The van der Waals surface area contributed by atoms with E-state index in [0.717, 1.165) is 24.2 Å². The Balaban J connectivity index is 1.84. The molecular weight excluding hydrogens is 346 g/mol. The molecule has 1 amide bonds. The number of rotatable bonds is 4. The normalized spacial score (nSPS) is 15.1. The first-order chi connectivity index (χ1) is 11.5. The second-order valence-corrected chi connectivity index (χ2v) is 8.19. The Morgan fingerprint density at radius 1 is 1.17 bits per heavy atom. The van der Waals surface area contributed by atoms with Gasteiger partial charge in [-0.15, -0.1) is 11.3 Å². The molecule has 1 N–H and O–H groups in total. The van der Waals surface area contributed by atoms with Crippen molar-refractivity contribution < 1.29 is 13.2 Å². The van der Waals surface area contributed by atoms with Crippen molar-refractivity contribution >= 4 is 33.0 Å². The maximum atomic E-state index is 12.7. The van der Waals surface area contributed by atoms with E-state index in [1.54, 1.807) is 29.6 Å². The quantitative estimate of drug-likeness (QED) is 0.906. The molecule has 1 fully saturated rings. The number of amides is 1. The summed E-state index contributed by atoms with van der Waals surface area (Å²) in [4.78, 5) is 12.7. The third kappa shape index (κ3) is 3.19. The van der Waals surface area contributed by atoms with Crippen molar-refractivity contribution in [2.75, 3.05) is 18.4 Å². The zero-order valence-corrected chi connectivity index (χ0v) is 14.4. The maximum Gasteiger partial charge on any atom is 0.267 e. The fourth-order valence-corrected chi connectivity index (χ4v) is 5.36. The van der Waals surface area contributed by atoms with Gasteiger partial charge in [0.25, 0.3) is 5.91 Å². The molecule has 0 unspecified atom stereocenters. The largest absolute Gasteiger partial charge is 0.321 e. The van der Waals surface area contributed by atoms with Crippen LogP contribution in [0.15, 0.2) is 40.6 Å². The van der Waals surface area contributed by atoms with Crippen LogP contribution in [0.2, 0.25) is 0 Å². The molecule has 2 aromatic rings. The number of carbonyl (C=O) groups is 1. The summed E-state index contributed by atoms with van der Waals surface area (Å²) in [7, 11) is -3.63. The van der Waals surface area contributed by atoms with Gasteiger partial charge in [0.2, 0.25) is 10.0 Å². The summed E-state index contributed by atoms with van der Waals surface area (Å²) in [5.74, 6) is -0.465. The topological polar surface area (TPSA) is 90.3 Å². The number of hydrogen-bond donors (Lipinski definition) is 1. The van der Waals surface area contributed by atoms with E-state index in [1.165, 1.54) is 10.4 Å². The first-order valence-corrected chi connectivity index (χ1v) is 9.73. The van der Waals surface area contributed by atoms with Gasteiger partial charge in [-0.2, -0.15) is 9.57 Å². The van der Waals surface area contributed by atoms with Crippen LogP contribution in [0.25, 0.3) is 0 Å².